The number of hydrogen-bond donors (Lipinski definition) is 2. The smallest absolute Gasteiger partial charge is 0.336 e. The molecule has 84 valence electrons. The van der Waals surface area contributed by atoms with Crippen LogP contribution in [-0.2, 0) is 6.54 Å². The normalized spacial score (nSPS) is 10.6. The van der Waals surface area contributed by atoms with Gasteiger partial charge in [-0.25, -0.2) is 4.79 Å². The van der Waals surface area contributed by atoms with Crippen molar-refractivity contribution in [1.29, 1.82) is 0 Å². The van der Waals surface area contributed by atoms with Gasteiger partial charge in [-0.2, -0.15) is 0 Å². The zero-order valence-corrected chi connectivity index (χ0v) is 8.82. The Morgan fingerprint density at radius 1 is 1.44 bits per heavy atom. The van der Waals surface area contributed by atoms with Gasteiger partial charge in [-0.15, -0.1) is 0 Å². The number of ether oxygens (including phenoxy) is 1. The lowest BCUT2D eigenvalue weighted by molar-refractivity contribution is 0.414. The summed E-state index contributed by atoms with van der Waals surface area (Å²) < 4.78 is 10.1. The molecule has 0 spiro atoms. The first-order valence-corrected chi connectivity index (χ1v) is 4.79. The Kier molecular flexibility index (Phi) is 2.89. The number of hydrazine groups is 1. The summed E-state index contributed by atoms with van der Waals surface area (Å²) in [6.45, 7) is 0.411. The SMILES string of the molecule is COc1ccc2c(CNN)cc(=O)oc2c1. The standard InChI is InChI=1S/C11H12N2O3/c1-15-8-2-3-9-7(6-13-12)4-11(14)16-10(9)5-8/h2-5,13H,6,12H2,1H3. The Hall–Kier alpha value is -1.85. The van der Waals surface area contributed by atoms with E-state index in [1.165, 1.54) is 6.07 Å². The summed E-state index contributed by atoms with van der Waals surface area (Å²) >= 11 is 0. The van der Waals surface area contributed by atoms with Crippen molar-refractivity contribution < 1.29 is 9.15 Å². The maximum Gasteiger partial charge on any atom is 0.336 e. The third-order valence-corrected chi connectivity index (χ3v) is 2.33. The second-order valence-electron chi connectivity index (χ2n) is 3.33. The zero-order valence-electron chi connectivity index (χ0n) is 8.82. The van der Waals surface area contributed by atoms with Crippen molar-refractivity contribution in [2.75, 3.05) is 7.11 Å². The third-order valence-electron chi connectivity index (χ3n) is 2.33. The van der Waals surface area contributed by atoms with E-state index in [9.17, 15) is 4.79 Å². The Balaban J connectivity index is 2.68. The van der Waals surface area contributed by atoms with E-state index in [4.69, 9.17) is 15.0 Å². The topological polar surface area (TPSA) is 77.5 Å². The van der Waals surface area contributed by atoms with Crippen molar-refractivity contribution in [3.8, 4) is 5.75 Å². The van der Waals surface area contributed by atoms with Crippen LogP contribution < -0.4 is 21.6 Å². The number of fused-ring (bicyclic) bond motifs is 1. The summed E-state index contributed by atoms with van der Waals surface area (Å²) in [4.78, 5) is 11.3. The summed E-state index contributed by atoms with van der Waals surface area (Å²) in [6.07, 6.45) is 0. The molecule has 0 amide bonds. The highest BCUT2D eigenvalue weighted by molar-refractivity contribution is 5.81. The number of nitrogens with one attached hydrogen (secondary N) is 1. The van der Waals surface area contributed by atoms with Gasteiger partial charge in [0.15, 0.2) is 0 Å². The van der Waals surface area contributed by atoms with Crippen LogP contribution >= 0.6 is 0 Å². The number of rotatable bonds is 3. The molecule has 1 aromatic heterocycles. The highest BCUT2D eigenvalue weighted by Crippen LogP contribution is 2.22. The van der Waals surface area contributed by atoms with E-state index in [0.29, 0.717) is 17.9 Å². The fraction of sp³-hybridized carbons (Fsp3) is 0.182. The molecule has 0 saturated carbocycles. The van der Waals surface area contributed by atoms with Crippen molar-refractivity contribution in [2.24, 2.45) is 5.84 Å². The minimum atomic E-state index is -0.397. The molecule has 2 rings (SSSR count). The Bertz CT molecular complexity index is 563. The average molecular weight is 220 g/mol. The summed E-state index contributed by atoms with van der Waals surface area (Å²) in [6, 6.07) is 6.75. The molecule has 0 radical (unpaired) electrons. The lowest BCUT2D eigenvalue weighted by Crippen LogP contribution is -2.21. The van der Waals surface area contributed by atoms with E-state index in [1.54, 1.807) is 13.2 Å². The second kappa shape index (κ2) is 4.34. The molecule has 0 aliphatic carbocycles. The van der Waals surface area contributed by atoms with Crippen molar-refractivity contribution in [3.05, 3.63) is 40.2 Å². The molecule has 2 aromatic rings. The van der Waals surface area contributed by atoms with Crippen LogP contribution in [0.2, 0.25) is 0 Å². The first-order chi connectivity index (χ1) is 7.74. The van der Waals surface area contributed by atoms with Crippen LogP contribution in [0.5, 0.6) is 5.75 Å². The third kappa shape index (κ3) is 1.91. The predicted molar refractivity (Wildman–Crippen MR) is 60.1 cm³/mol. The van der Waals surface area contributed by atoms with Crippen molar-refractivity contribution in [3.63, 3.8) is 0 Å². The minimum Gasteiger partial charge on any atom is -0.497 e. The molecule has 0 saturated heterocycles. The molecule has 0 fully saturated rings. The van der Waals surface area contributed by atoms with Gasteiger partial charge in [-0.05, 0) is 17.7 Å². The number of hydrogen-bond acceptors (Lipinski definition) is 5. The molecule has 5 heteroatoms. The lowest BCUT2D eigenvalue weighted by atomic mass is 10.1. The molecular weight excluding hydrogens is 208 g/mol. The van der Waals surface area contributed by atoms with Crippen LogP contribution in [-0.4, -0.2) is 7.11 Å². The van der Waals surface area contributed by atoms with Crippen LogP contribution in [0, 0.1) is 0 Å². The Labute approximate surface area is 91.8 Å². The number of methoxy groups -OCH3 is 1. The molecule has 0 bridgehead atoms. The Morgan fingerprint density at radius 2 is 2.25 bits per heavy atom. The fourth-order valence-corrected chi connectivity index (χ4v) is 1.59. The highest BCUT2D eigenvalue weighted by Gasteiger charge is 2.05. The van der Waals surface area contributed by atoms with Crippen LogP contribution in [0.15, 0.2) is 33.5 Å². The van der Waals surface area contributed by atoms with Gasteiger partial charge in [0.05, 0.1) is 7.11 Å². The Morgan fingerprint density at radius 3 is 2.94 bits per heavy atom. The summed E-state index contributed by atoms with van der Waals surface area (Å²) in [5.74, 6) is 5.90. The predicted octanol–water partition coefficient (Wildman–Crippen LogP) is 0.765. The molecule has 0 unspecified atom stereocenters. The van der Waals surface area contributed by atoms with E-state index in [0.717, 1.165) is 10.9 Å². The molecule has 1 heterocycles. The molecule has 0 atom stereocenters. The zero-order chi connectivity index (χ0) is 11.5. The molecule has 16 heavy (non-hydrogen) atoms. The van der Waals surface area contributed by atoms with Crippen LogP contribution in [0.1, 0.15) is 5.56 Å². The van der Waals surface area contributed by atoms with E-state index < -0.39 is 5.63 Å². The molecule has 5 nitrogen and oxygen atoms in total. The van der Waals surface area contributed by atoms with Crippen molar-refractivity contribution in [2.45, 2.75) is 6.54 Å². The van der Waals surface area contributed by atoms with E-state index in [2.05, 4.69) is 5.43 Å². The molecule has 1 aromatic carbocycles. The monoisotopic (exact) mass is 220 g/mol. The van der Waals surface area contributed by atoms with Crippen LogP contribution in [0.3, 0.4) is 0 Å². The molecule has 3 N–H and O–H groups in total. The maximum atomic E-state index is 11.3. The quantitative estimate of drug-likeness (QED) is 0.453. The van der Waals surface area contributed by atoms with Gasteiger partial charge < -0.3 is 9.15 Å². The van der Waals surface area contributed by atoms with Crippen LogP contribution in [0.4, 0.5) is 0 Å². The summed E-state index contributed by atoms with van der Waals surface area (Å²) in [5.41, 5.74) is 3.42. The van der Waals surface area contributed by atoms with E-state index in [1.807, 2.05) is 12.1 Å². The van der Waals surface area contributed by atoms with Gasteiger partial charge in [-0.1, -0.05) is 0 Å². The molecular formula is C11H12N2O3. The lowest BCUT2D eigenvalue weighted by Gasteiger charge is -2.05. The minimum absolute atomic E-state index is 0.397. The van der Waals surface area contributed by atoms with Crippen LogP contribution in [0.25, 0.3) is 11.0 Å². The van der Waals surface area contributed by atoms with Gasteiger partial charge >= 0.3 is 5.63 Å². The van der Waals surface area contributed by atoms with E-state index >= 15 is 0 Å². The molecule has 0 aliphatic rings. The van der Waals surface area contributed by atoms with Crippen molar-refractivity contribution in [1.82, 2.24) is 5.43 Å². The van der Waals surface area contributed by atoms with Gasteiger partial charge in [0.25, 0.3) is 0 Å². The van der Waals surface area contributed by atoms with E-state index in [-0.39, 0.29) is 0 Å². The highest BCUT2D eigenvalue weighted by atomic mass is 16.5. The number of benzene rings is 1. The van der Waals surface area contributed by atoms with Gasteiger partial charge in [0.2, 0.25) is 0 Å². The first-order valence-electron chi connectivity index (χ1n) is 4.79. The second-order valence-corrected chi connectivity index (χ2v) is 3.33. The first kappa shape index (κ1) is 10.7. The van der Waals surface area contributed by atoms with Gasteiger partial charge in [0.1, 0.15) is 11.3 Å². The summed E-state index contributed by atoms with van der Waals surface area (Å²) in [7, 11) is 1.56. The number of nitrogens with two attached hydrogens (primary N) is 1. The average Bonchev–Trinajstić information content (AvgIpc) is 2.28. The molecule has 0 aliphatic heterocycles. The fourth-order valence-electron chi connectivity index (χ4n) is 1.59. The van der Waals surface area contributed by atoms with Gasteiger partial charge in [0, 0.05) is 24.1 Å². The summed E-state index contributed by atoms with van der Waals surface area (Å²) in [5, 5.41) is 0.846. The van der Waals surface area contributed by atoms with Gasteiger partial charge in [-0.3, -0.25) is 11.3 Å². The largest absolute Gasteiger partial charge is 0.497 e. The van der Waals surface area contributed by atoms with Crippen molar-refractivity contribution >= 4 is 11.0 Å². The maximum absolute atomic E-state index is 11.3.